The Morgan fingerprint density at radius 2 is 1.85 bits per heavy atom. The van der Waals surface area contributed by atoms with Crippen LogP contribution in [0.1, 0.15) is 40.5 Å². The summed E-state index contributed by atoms with van der Waals surface area (Å²) < 4.78 is 18.9. The summed E-state index contributed by atoms with van der Waals surface area (Å²) >= 11 is 2.21. The molecule has 20 heavy (non-hydrogen) atoms. The molecule has 0 amide bonds. The van der Waals surface area contributed by atoms with Gasteiger partial charge in [0.15, 0.2) is 0 Å². The minimum atomic E-state index is -0.387. The van der Waals surface area contributed by atoms with Crippen molar-refractivity contribution in [1.29, 1.82) is 0 Å². The molecule has 6 heteroatoms. The highest BCUT2D eigenvalue weighted by molar-refractivity contribution is 14.1. The lowest BCUT2D eigenvalue weighted by atomic mass is 9.80. The Morgan fingerprint density at radius 3 is 2.40 bits per heavy atom. The van der Waals surface area contributed by atoms with E-state index in [4.69, 9.17) is 14.0 Å². The molecule has 3 rings (SSSR count). The largest absolute Gasteiger partial charge is 0.497 e. The molecular weight excluding hydrogens is 368 g/mol. The highest BCUT2D eigenvalue weighted by Gasteiger charge is 2.52. The molecule has 2 aliphatic rings. The van der Waals surface area contributed by atoms with E-state index in [9.17, 15) is 0 Å². The minimum absolute atomic E-state index is 0.339. The molecule has 1 aromatic rings. The van der Waals surface area contributed by atoms with Crippen LogP contribution in [-0.2, 0) is 9.31 Å². The molecule has 1 saturated heterocycles. The summed E-state index contributed by atoms with van der Waals surface area (Å²) in [5, 5.41) is 0. The van der Waals surface area contributed by atoms with Gasteiger partial charge >= 0.3 is 7.12 Å². The third-order valence-electron chi connectivity index (χ3n) is 4.18. The van der Waals surface area contributed by atoms with Crippen LogP contribution in [0, 0.1) is 3.70 Å². The van der Waals surface area contributed by atoms with Crippen LogP contribution in [0.4, 0.5) is 0 Å². The first-order valence-electron chi connectivity index (χ1n) is 6.96. The summed E-state index contributed by atoms with van der Waals surface area (Å²) in [6.07, 6.45) is 4.41. The van der Waals surface area contributed by atoms with Crippen LogP contribution in [0.2, 0.25) is 0 Å². The van der Waals surface area contributed by atoms with Crippen molar-refractivity contribution in [1.82, 2.24) is 4.98 Å². The molecule has 2 fully saturated rings. The molecule has 0 aromatic carbocycles. The smallest absolute Gasteiger partial charge is 0.489 e. The Bertz CT molecular complexity index is 515. The van der Waals surface area contributed by atoms with Gasteiger partial charge in [-0.2, -0.15) is 0 Å². The Kier molecular flexibility index (Phi) is 3.54. The molecule has 4 nitrogen and oxygen atoms in total. The number of hydrogen-bond acceptors (Lipinski definition) is 4. The van der Waals surface area contributed by atoms with E-state index in [0.29, 0.717) is 6.10 Å². The van der Waals surface area contributed by atoms with Crippen LogP contribution in [0.15, 0.2) is 12.3 Å². The summed E-state index contributed by atoms with van der Waals surface area (Å²) in [4.78, 5) is 4.40. The lowest BCUT2D eigenvalue weighted by Crippen LogP contribution is -2.41. The number of nitrogens with zero attached hydrogens (tertiary/aromatic N) is 1. The topological polar surface area (TPSA) is 40.6 Å². The van der Waals surface area contributed by atoms with Crippen LogP contribution >= 0.6 is 22.6 Å². The predicted octanol–water partition coefficient (Wildman–Crippen LogP) is 2.53. The van der Waals surface area contributed by atoms with E-state index in [-0.39, 0.29) is 18.3 Å². The maximum absolute atomic E-state index is 6.08. The number of aromatic nitrogens is 1. The van der Waals surface area contributed by atoms with Gasteiger partial charge in [-0.25, -0.2) is 4.98 Å². The quantitative estimate of drug-likeness (QED) is 0.454. The van der Waals surface area contributed by atoms with Crippen molar-refractivity contribution >= 4 is 35.2 Å². The van der Waals surface area contributed by atoms with Crippen molar-refractivity contribution in [3.05, 3.63) is 16.0 Å². The average Bonchev–Trinajstić information content (AvgIpc) is 3.10. The standard InChI is InChI=1S/C14H19BINO3/c1-13(2)14(3,4)20-15(19-13)11-7-10(8-17-12(11)16)18-9-5-6-9/h7-9H,5-6H2,1-4H3. The van der Waals surface area contributed by atoms with Crippen molar-refractivity contribution in [2.45, 2.75) is 57.8 Å². The first-order chi connectivity index (χ1) is 9.28. The molecule has 1 aliphatic heterocycles. The fourth-order valence-corrected chi connectivity index (χ4v) is 2.57. The first kappa shape index (κ1) is 14.6. The number of pyridine rings is 1. The highest BCUT2D eigenvalue weighted by atomic mass is 127. The fraction of sp³-hybridized carbons (Fsp3) is 0.643. The van der Waals surface area contributed by atoms with Crippen LogP contribution < -0.4 is 10.2 Å². The van der Waals surface area contributed by atoms with Crippen LogP contribution in [0.3, 0.4) is 0 Å². The number of halogens is 1. The molecule has 0 atom stereocenters. The Labute approximate surface area is 133 Å². The third kappa shape index (κ3) is 2.70. The second kappa shape index (κ2) is 4.85. The van der Waals surface area contributed by atoms with E-state index < -0.39 is 0 Å². The van der Waals surface area contributed by atoms with E-state index in [1.807, 2.05) is 6.07 Å². The van der Waals surface area contributed by atoms with Gasteiger partial charge in [-0.1, -0.05) is 0 Å². The second-order valence-electron chi connectivity index (χ2n) is 6.46. The normalized spacial score (nSPS) is 23.9. The van der Waals surface area contributed by atoms with Gasteiger partial charge in [-0.3, -0.25) is 0 Å². The van der Waals surface area contributed by atoms with Crippen molar-refractivity contribution in [3.63, 3.8) is 0 Å². The molecule has 2 heterocycles. The zero-order valence-electron chi connectivity index (χ0n) is 12.3. The van der Waals surface area contributed by atoms with Crippen molar-refractivity contribution in [3.8, 4) is 5.75 Å². The van der Waals surface area contributed by atoms with E-state index in [1.54, 1.807) is 6.20 Å². The molecule has 0 spiro atoms. The summed E-state index contributed by atoms with van der Waals surface area (Å²) in [6, 6.07) is 2.00. The zero-order valence-corrected chi connectivity index (χ0v) is 14.4. The van der Waals surface area contributed by atoms with Gasteiger partial charge in [0.25, 0.3) is 0 Å². The van der Waals surface area contributed by atoms with E-state index in [2.05, 4.69) is 55.3 Å². The first-order valence-corrected chi connectivity index (χ1v) is 8.04. The van der Waals surface area contributed by atoms with Gasteiger partial charge in [0.05, 0.1) is 23.5 Å². The molecule has 1 aromatic heterocycles. The van der Waals surface area contributed by atoms with Gasteiger partial charge in [0, 0.05) is 5.46 Å². The molecular formula is C14H19BINO3. The van der Waals surface area contributed by atoms with Gasteiger partial charge < -0.3 is 14.0 Å². The molecule has 0 bridgehead atoms. The third-order valence-corrected chi connectivity index (χ3v) is 5.08. The second-order valence-corrected chi connectivity index (χ2v) is 7.48. The molecule has 0 unspecified atom stereocenters. The van der Waals surface area contributed by atoms with Crippen LogP contribution in [-0.4, -0.2) is 29.4 Å². The fourth-order valence-electron chi connectivity index (χ4n) is 2.02. The molecule has 108 valence electrons. The van der Waals surface area contributed by atoms with Gasteiger partial charge in [0.1, 0.15) is 9.45 Å². The Balaban J connectivity index is 1.86. The highest BCUT2D eigenvalue weighted by Crippen LogP contribution is 2.37. The van der Waals surface area contributed by atoms with Crippen LogP contribution in [0.5, 0.6) is 5.75 Å². The SMILES string of the molecule is CC1(C)OB(c2cc(OC3CC3)cnc2I)OC1(C)C. The maximum atomic E-state index is 6.08. The van der Waals surface area contributed by atoms with Gasteiger partial charge in [-0.05, 0) is 69.2 Å². The minimum Gasteiger partial charge on any atom is -0.489 e. The average molecular weight is 387 g/mol. The molecule has 0 N–H and O–H groups in total. The van der Waals surface area contributed by atoms with Crippen molar-refractivity contribution in [2.75, 3.05) is 0 Å². The monoisotopic (exact) mass is 387 g/mol. The summed E-state index contributed by atoms with van der Waals surface area (Å²) in [5.41, 5.74) is 0.268. The number of rotatable bonds is 3. The summed E-state index contributed by atoms with van der Waals surface area (Å²) in [5.74, 6) is 0.803. The number of ether oxygens (including phenoxy) is 1. The van der Waals surface area contributed by atoms with Crippen molar-refractivity contribution < 1.29 is 14.0 Å². The van der Waals surface area contributed by atoms with Crippen molar-refractivity contribution in [2.24, 2.45) is 0 Å². The van der Waals surface area contributed by atoms with Gasteiger partial charge in [-0.15, -0.1) is 0 Å². The Hall–Kier alpha value is -0.335. The van der Waals surface area contributed by atoms with E-state index in [1.165, 1.54) is 0 Å². The van der Waals surface area contributed by atoms with E-state index >= 15 is 0 Å². The summed E-state index contributed by atoms with van der Waals surface area (Å²) in [6.45, 7) is 8.21. The maximum Gasteiger partial charge on any atom is 0.497 e. The zero-order chi connectivity index (χ0) is 14.5. The predicted molar refractivity (Wildman–Crippen MR) is 86.3 cm³/mol. The lowest BCUT2D eigenvalue weighted by Gasteiger charge is -2.32. The van der Waals surface area contributed by atoms with E-state index in [0.717, 1.165) is 27.8 Å². The molecule has 1 saturated carbocycles. The number of hydrogen-bond donors (Lipinski definition) is 0. The Morgan fingerprint density at radius 1 is 1.25 bits per heavy atom. The molecule has 0 radical (unpaired) electrons. The van der Waals surface area contributed by atoms with Gasteiger partial charge in [0.2, 0.25) is 0 Å². The molecule has 1 aliphatic carbocycles. The van der Waals surface area contributed by atoms with Crippen LogP contribution in [0.25, 0.3) is 0 Å². The summed E-state index contributed by atoms with van der Waals surface area (Å²) in [7, 11) is -0.387. The lowest BCUT2D eigenvalue weighted by molar-refractivity contribution is 0.00578.